The summed E-state index contributed by atoms with van der Waals surface area (Å²) in [7, 11) is 0. The highest BCUT2D eigenvalue weighted by Gasteiger charge is 2.14. The summed E-state index contributed by atoms with van der Waals surface area (Å²) in [5, 5.41) is 7.04. The summed E-state index contributed by atoms with van der Waals surface area (Å²) in [4.78, 5) is 19.7. The lowest BCUT2D eigenvalue weighted by Crippen LogP contribution is -2.24. The van der Waals surface area contributed by atoms with Crippen molar-refractivity contribution in [1.29, 1.82) is 0 Å². The molecule has 0 aliphatic carbocycles. The van der Waals surface area contributed by atoms with Gasteiger partial charge in [-0.05, 0) is 31.2 Å². The van der Waals surface area contributed by atoms with Crippen molar-refractivity contribution in [2.24, 2.45) is 5.92 Å². The lowest BCUT2D eigenvalue weighted by molar-refractivity contribution is -0.119. The number of anilines is 1. The molecule has 0 saturated heterocycles. The fourth-order valence-electron chi connectivity index (χ4n) is 2.25. The zero-order valence-corrected chi connectivity index (χ0v) is 12.0. The number of aryl methyl sites for hydroxylation is 1. The second kappa shape index (κ2) is 5.40. The fraction of sp³-hybridized carbons (Fsp3) is 0.267. The van der Waals surface area contributed by atoms with Crippen LogP contribution in [0.15, 0.2) is 36.7 Å². The van der Waals surface area contributed by atoms with Crippen molar-refractivity contribution in [3.63, 3.8) is 0 Å². The van der Waals surface area contributed by atoms with Crippen molar-refractivity contribution >= 4 is 22.6 Å². The van der Waals surface area contributed by atoms with E-state index in [0.29, 0.717) is 6.54 Å². The zero-order chi connectivity index (χ0) is 14.8. The summed E-state index contributed by atoms with van der Waals surface area (Å²) in [6.45, 7) is 4.35. The molecule has 0 bridgehead atoms. The summed E-state index contributed by atoms with van der Waals surface area (Å²) >= 11 is 0. The lowest BCUT2D eigenvalue weighted by atomic mass is 10.1. The summed E-state index contributed by atoms with van der Waals surface area (Å²) < 4.78 is 1.76. The van der Waals surface area contributed by atoms with Gasteiger partial charge in [0.2, 0.25) is 5.91 Å². The van der Waals surface area contributed by atoms with Crippen LogP contribution in [-0.4, -0.2) is 25.7 Å². The van der Waals surface area contributed by atoms with Gasteiger partial charge in [0.15, 0.2) is 0 Å². The molecule has 108 valence electrons. The number of benzene rings is 1. The average Bonchev–Trinajstić information content (AvgIpc) is 3.06. The Hall–Kier alpha value is -2.63. The van der Waals surface area contributed by atoms with Crippen LogP contribution < -0.4 is 5.32 Å². The Bertz CT molecular complexity index is 760. The quantitative estimate of drug-likeness (QED) is 0.771. The normalized spacial score (nSPS) is 12.5. The van der Waals surface area contributed by atoms with E-state index in [0.717, 1.165) is 22.5 Å². The van der Waals surface area contributed by atoms with Gasteiger partial charge in [0.25, 0.3) is 0 Å². The summed E-state index contributed by atoms with van der Waals surface area (Å²) in [6, 6.07) is 7.50. The van der Waals surface area contributed by atoms with E-state index in [1.807, 2.05) is 44.3 Å². The van der Waals surface area contributed by atoms with E-state index in [1.165, 1.54) is 0 Å². The van der Waals surface area contributed by atoms with Crippen LogP contribution >= 0.6 is 0 Å². The molecule has 21 heavy (non-hydrogen) atoms. The number of hydrogen-bond donors (Lipinski definition) is 2. The molecule has 0 aliphatic heterocycles. The van der Waals surface area contributed by atoms with Crippen LogP contribution in [0.5, 0.6) is 0 Å². The molecule has 6 nitrogen and oxygen atoms in total. The minimum absolute atomic E-state index is 0.0268. The van der Waals surface area contributed by atoms with Gasteiger partial charge >= 0.3 is 0 Å². The largest absolute Gasteiger partial charge is 0.342 e. The van der Waals surface area contributed by atoms with Crippen molar-refractivity contribution in [2.75, 3.05) is 5.32 Å². The number of carbonyl (C=O) groups excluding carboxylic acids is 1. The number of fused-ring (bicyclic) bond motifs is 1. The molecule has 0 saturated carbocycles. The van der Waals surface area contributed by atoms with E-state index in [1.54, 1.807) is 10.9 Å². The minimum Gasteiger partial charge on any atom is -0.342 e. The fourth-order valence-corrected chi connectivity index (χ4v) is 2.25. The van der Waals surface area contributed by atoms with Gasteiger partial charge in [0, 0.05) is 18.1 Å². The SMILES string of the molecule is Cc1nc2ccc(NC(=O)C(C)Cn3cccn3)cc2[nH]1. The minimum atomic E-state index is -0.163. The van der Waals surface area contributed by atoms with Gasteiger partial charge in [0.05, 0.1) is 23.5 Å². The first-order valence-corrected chi connectivity index (χ1v) is 6.86. The lowest BCUT2D eigenvalue weighted by Gasteiger charge is -2.12. The van der Waals surface area contributed by atoms with Gasteiger partial charge < -0.3 is 10.3 Å². The highest BCUT2D eigenvalue weighted by molar-refractivity contribution is 5.94. The Morgan fingerprint density at radius 3 is 3.10 bits per heavy atom. The number of imidazole rings is 1. The molecular formula is C15H17N5O. The monoisotopic (exact) mass is 283 g/mol. The van der Waals surface area contributed by atoms with E-state index in [4.69, 9.17) is 0 Å². The first-order chi connectivity index (χ1) is 10.1. The van der Waals surface area contributed by atoms with E-state index in [-0.39, 0.29) is 11.8 Å². The Morgan fingerprint density at radius 1 is 1.48 bits per heavy atom. The Kier molecular flexibility index (Phi) is 3.43. The standard InChI is InChI=1S/C15H17N5O/c1-10(9-20-7-3-6-16-20)15(21)19-12-4-5-13-14(8-12)18-11(2)17-13/h3-8,10H,9H2,1-2H3,(H,17,18)(H,19,21). The van der Waals surface area contributed by atoms with Gasteiger partial charge in [-0.3, -0.25) is 9.48 Å². The molecule has 2 aromatic heterocycles. The number of aromatic amines is 1. The smallest absolute Gasteiger partial charge is 0.229 e. The van der Waals surface area contributed by atoms with Crippen molar-refractivity contribution in [3.8, 4) is 0 Å². The highest BCUT2D eigenvalue weighted by atomic mass is 16.1. The third-order valence-corrected chi connectivity index (χ3v) is 3.34. The maximum Gasteiger partial charge on any atom is 0.229 e. The van der Waals surface area contributed by atoms with Crippen LogP contribution in [0, 0.1) is 12.8 Å². The van der Waals surface area contributed by atoms with E-state index in [2.05, 4.69) is 20.4 Å². The molecule has 3 aromatic rings. The third-order valence-electron chi connectivity index (χ3n) is 3.34. The second-order valence-corrected chi connectivity index (χ2v) is 5.17. The van der Waals surface area contributed by atoms with Gasteiger partial charge in [-0.2, -0.15) is 5.10 Å². The predicted octanol–water partition coefficient (Wildman–Crippen LogP) is 2.34. The predicted molar refractivity (Wildman–Crippen MR) is 80.9 cm³/mol. The van der Waals surface area contributed by atoms with Crippen molar-refractivity contribution in [1.82, 2.24) is 19.7 Å². The molecule has 0 aliphatic rings. The first-order valence-electron chi connectivity index (χ1n) is 6.86. The van der Waals surface area contributed by atoms with Gasteiger partial charge in [-0.25, -0.2) is 4.98 Å². The van der Waals surface area contributed by atoms with Gasteiger partial charge in [-0.15, -0.1) is 0 Å². The van der Waals surface area contributed by atoms with E-state index >= 15 is 0 Å². The zero-order valence-electron chi connectivity index (χ0n) is 12.0. The number of carbonyl (C=O) groups is 1. The summed E-state index contributed by atoms with van der Waals surface area (Å²) in [5.74, 6) is 0.672. The third kappa shape index (κ3) is 2.94. The van der Waals surface area contributed by atoms with Crippen LogP contribution in [0.2, 0.25) is 0 Å². The van der Waals surface area contributed by atoms with Crippen LogP contribution in [0.3, 0.4) is 0 Å². The average molecular weight is 283 g/mol. The highest BCUT2D eigenvalue weighted by Crippen LogP contribution is 2.17. The van der Waals surface area contributed by atoms with E-state index < -0.39 is 0 Å². The first kappa shape index (κ1) is 13.4. The summed E-state index contributed by atoms with van der Waals surface area (Å²) in [6.07, 6.45) is 3.56. The van der Waals surface area contributed by atoms with Crippen molar-refractivity contribution < 1.29 is 4.79 Å². The van der Waals surface area contributed by atoms with Crippen LogP contribution in [0.4, 0.5) is 5.69 Å². The summed E-state index contributed by atoms with van der Waals surface area (Å²) in [5.41, 5.74) is 2.59. The van der Waals surface area contributed by atoms with Crippen LogP contribution in [0.25, 0.3) is 11.0 Å². The number of hydrogen-bond acceptors (Lipinski definition) is 3. The molecule has 1 unspecified atom stereocenters. The molecule has 6 heteroatoms. The molecule has 1 atom stereocenters. The molecule has 2 N–H and O–H groups in total. The topological polar surface area (TPSA) is 75.6 Å². The molecule has 0 radical (unpaired) electrons. The van der Waals surface area contributed by atoms with Crippen molar-refractivity contribution in [2.45, 2.75) is 20.4 Å². The maximum atomic E-state index is 12.2. The van der Waals surface area contributed by atoms with Crippen LogP contribution in [-0.2, 0) is 11.3 Å². The molecule has 2 heterocycles. The van der Waals surface area contributed by atoms with Gasteiger partial charge in [0.1, 0.15) is 5.82 Å². The molecular weight excluding hydrogens is 266 g/mol. The van der Waals surface area contributed by atoms with Gasteiger partial charge in [-0.1, -0.05) is 6.92 Å². The van der Waals surface area contributed by atoms with Crippen LogP contribution in [0.1, 0.15) is 12.7 Å². The Balaban J connectivity index is 1.70. The molecule has 0 fully saturated rings. The van der Waals surface area contributed by atoms with E-state index in [9.17, 15) is 4.79 Å². The number of amides is 1. The number of nitrogens with zero attached hydrogens (tertiary/aromatic N) is 3. The molecule has 3 rings (SSSR count). The molecule has 1 aromatic carbocycles. The number of aromatic nitrogens is 4. The maximum absolute atomic E-state index is 12.2. The Morgan fingerprint density at radius 2 is 2.33 bits per heavy atom. The molecule has 0 spiro atoms. The van der Waals surface area contributed by atoms with Crippen molar-refractivity contribution in [3.05, 3.63) is 42.5 Å². The number of nitrogens with one attached hydrogen (secondary N) is 2. The second-order valence-electron chi connectivity index (χ2n) is 5.17. The number of rotatable bonds is 4. The number of H-pyrrole nitrogens is 1. The Labute approximate surface area is 122 Å². The molecule has 1 amide bonds.